The summed E-state index contributed by atoms with van der Waals surface area (Å²) in [6.45, 7) is 12.4. The van der Waals surface area contributed by atoms with E-state index in [1.54, 1.807) is 6.07 Å². The molecular formula is C45H53FN8O7. The third-order valence-electron chi connectivity index (χ3n) is 11.0. The predicted octanol–water partition coefficient (Wildman–Crippen LogP) is 6.56. The fraction of sp³-hybridized carbons (Fsp3) is 0.400. The van der Waals surface area contributed by atoms with Crippen LogP contribution in [0.15, 0.2) is 63.6 Å². The number of nitrogens with zero attached hydrogens (tertiary/aromatic N) is 4. The molecule has 2 aliphatic heterocycles. The van der Waals surface area contributed by atoms with Crippen molar-refractivity contribution in [3.63, 3.8) is 0 Å². The number of nitrogens with two attached hydrogens (primary N) is 1. The number of carbonyl (C=O) groups excluding carboxylic acids is 2. The zero-order chi connectivity index (χ0) is 43.2. The average molecular weight is 837 g/mol. The number of rotatable bonds is 13. The summed E-state index contributed by atoms with van der Waals surface area (Å²) < 4.78 is 42.5. The van der Waals surface area contributed by atoms with Crippen molar-refractivity contribution in [3.05, 3.63) is 94.7 Å². The Hall–Kier alpha value is -6.26. The van der Waals surface area contributed by atoms with E-state index < -0.39 is 5.82 Å². The first-order chi connectivity index (χ1) is 29.4. The highest BCUT2D eigenvalue weighted by Gasteiger charge is 2.24. The molecular weight excluding hydrogens is 784 g/mol. The van der Waals surface area contributed by atoms with Crippen molar-refractivity contribution in [2.24, 2.45) is 0 Å². The molecule has 2 amide bonds. The van der Waals surface area contributed by atoms with Gasteiger partial charge < -0.3 is 49.5 Å². The highest BCUT2D eigenvalue weighted by Crippen LogP contribution is 2.33. The van der Waals surface area contributed by atoms with E-state index in [9.17, 15) is 14.0 Å². The summed E-state index contributed by atoms with van der Waals surface area (Å²) >= 11 is 0. The Morgan fingerprint density at radius 2 is 1.49 bits per heavy atom. The average Bonchev–Trinajstić information content (AvgIpc) is 4.09. The molecule has 5 N–H and O–H groups in total. The minimum absolute atomic E-state index is 0.0246. The number of halogens is 1. The number of fused-ring (bicyclic) bond motifs is 1. The molecule has 16 heteroatoms. The maximum Gasteiger partial charge on any atom is 0.240 e. The number of benzene rings is 3. The number of anilines is 2. The molecule has 0 saturated carbocycles. The summed E-state index contributed by atoms with van der Waals surface area (Å²) in [5.74, 6) is 1.83. The monoisotopic (exact) mass is 836 g/mol. The van der Waals surface area contributed by atoms with Crippen LogP contribution < -0.4 is 26.4 Å². The van der Waals surface area contributed by atoms with Crippen LogP contribution in [0.25, 0.3) is 33.3 Å². The highest BCUT2D eigenvalue weighted by molar-refractivity contribution is 5.86. The van der Waals surface area contributed by atoms with Crippen LogP contribution in [-0.4, -0.2) is 83.8 Å². The third kappa shape index (κ3) is 10.0. The molecule has 5 heterocycles. The number of ether oxygens (including phenoxy) is 3. The van der Waals surface area contributed by atoms with Gasteiger partial charge in [-0.2, -0.15) is 0 Å². The van der Waals surface area contributed by atoms with E-state index in [2.05, 4.69) is 26.3 Å². The van der Waals surface area contributed by atoms with Crippen LogP contribution >= 0.6 is 0 Å². The van der Waals surface area contributed by atoms with Crippen molar-refractivity contribution in [1.82, 2.24) is 30.5 Å². The molecule has 0 radical (unpaired) electrons. The topological polar surface area (TPSA) is 194 Å². The van der Waals surface area contributed by atoms with Gasteiger partial charge >= 0.3 is 0 Å². The molecule has 2 fully saturated rings. The number of amides is 2. The van der Waals surface area contributed by atoms with Crippen LogP contribution in [0.5, 0.6) is 5.75 Å². The van der Waals surface area contributed by atoms with Crippen LogP contribution in [0.1, 0.15) is 60.0 Å². The summed E-state index contributed by atoms with van der Waals surface area (Å²) in [5.41, 5.74) is 15.3. The van der Waals surface area contributed by atoms with Crippen LogP contribution in [0, 0.1) is 33.5 Å². The van der Waals surface area contributed by atoms with Crippen LogP contribution in [0.3, 0.4) is 0 Å². The standard InChI is InChI=1S/C28H31FN4O4.C17H22N4O3/c1-16(11-19-5-8-25(35-4)22(29)12-19)28-31-23-13-20(27-17(2)32-37-18(27)3)6-7-24(23)33(28)14-26(34)30-21-9-10-36-15-21;1-10-17(11(2)24-21-10)12-3-4-15(14(18)7-12)19-8-16(22)20-13-5-6-23-9-13/h5-8,12-13,16,21H,9-11,14-15H2,1-4H3,(H,30,34);3-4,7,13,19H,5-6,8-9,18H2,1-2H3,(H,20,22). The Kier molecular flexibility index (Phi) is 13.3. The third-order valence-corrected chi connectivity index (χ3v) is 11.0. The van der Waals surface area contributed by atoms with E-state index in [1.807, 2.05) is 81.7 Å². The van der Waals surface area contributed by atoms with Gasteiger partial charge in [0.05, 0.1) is 72.7 Å². The number of carbonyl (C=O) groups is 2. The molecule has 3 aromatic heterocycles. The van der Waals surface area contributed by atoms with Gasteiger partial charge in [0.15, 0.2) is 11.6 Å². The van der Waals surface area contributed by atoms with E-state index in [1.165, 1.54) is 13.2 Å². The van der Waals surface area contributed by atoms with Gasteiger partial charge in [0.25, 0.3) is 0 Å². The summed E-state index contributed by atoms with van der Waals surface area (Å²) in [6.07, 6.45) is 2.22. The van der Waals surface area contributed by atoms with E-state index in [-0.39, 0.29) is 48.7 Å². The second-order valence-electron chi connectivity index (χ2n) is 15.6. The molecule has 322 valence electrons. The first kappa shape index (κ1) is 42.8. The van der Waals surface area contributed by atoms with E-state index >= 15 is 0 Å². The first-order valence-corrected chi connectivity index (χ1v) is 20.4. The van der Waals surface area contributed by atoms with E-state index in [0.29, 0.717) is 38.5 Å². The quantitative estimate of drug-likeness (QED) is 0.0917. The van der Waals surface area contributed by atoms with Gasteiger partial charge in [-0.15, -0.1) is 0 Å². The van der Waals surface area contributed by atoms with Gasteiger partial charge in [-0.05, 0) is 100 Å². The molecule has 2 saturated heterocycles. The zero-order valence-electron chi connectivity index (χ0n) is 35.4. The summed E-state index contributed by atoms with van der Waals surface area (Å²) in [5, 5.41) is 17.1. The Balaban J connectivity index is 0.000000202. The minimum Gasteiger partial charge on any atom is -0.494 e. The number of hydrogen-bond acceptors (Lipinski definition) is 12. The molecule has 3 atom stereocenters. The van der Waals surface area contributed by atoms with Crippen LogP contribution in [0.2, 0.25) is 0 Å². The Labute approximate surface area is 353 Å². The normalized spacial score (nSPS) is 16.6. The molecule has 6 aromatic rings. The summed E-state index contributed by atoms with van der Waals surface area (Å²) in [4.78, 5) is 29.9. The lowest BCUT2D eigenvalue weighted by molar-refractivity contribution is -0.122. The van der Waals surface area contributed by atoms with Gasteiger partial charge in [0, 0.05) is 30.3 Å². The second-order valence-corrected chi connectivity index (χ2v) is 15.6. The molecule has 0 bridgehead atoms. The van der Waals surface area contributed by atoms with Crippen molar-refractivity contribution in [3.8, 4) is 28.0 Å². The Morgan fingerprint density at radius 1 is 0.869 bits per heavy atom. The van der Waals surface area contributed by atoms with Crippen molar-refractivity contribution in [1.29, 1.82) is 0 Å². The first-order valence-electron chi connectivity index (χ1n) is 20.4. The van der Waals surface area contributed by atoms with Crippen LogP contribution in [0.4, 0.5) is 15.8 Å². The molecule has 3 unspecified atom stereocenters. The molecule has 0 aliphatic carbocycles. The molecule has 8 rings (SSSR count). The van der Waals surface area contributed by atoms with Gasteiger partial charge in [0.2, 0.25) is 11.8 Å². The van der Waals surface area contributed by atoms with E-state index in [4.69, 9.17) is 34.0 Å². The molecule has 15 nitrogen and oxygen atoms in total. The van der Waals surface area contributed by atoms with Gasteiger partial charge in [0.1, 0.15) is 23.9 Å². The summed E-state index contributed by atoms with van der Waals surface area (Å²) in [6, 6.07) is 16.8. The number of hydrogen-bond donors (Lipinski definition) is 4. The van der Waals surface area contributed by atoms with Crippen molar-refractivity contribution < 1.29 is 37.2 Å². The van der Waals surface area contributed by atoms with Crippen LogP contribution in [-0.2, 0) is 32.0 Å². The fourth-order valence-electron chi connectivity index (χ4n) is 7.97. The number of aryl methyl sites for hydroxylation is 4. The van der Waals surface area contributed by atoms with E-state index in [0.717, 1.165) is 86.1 Å². The number of methoxy groups -OCH3 is 1. The van der Waals surface area contributed by atoms with Crippen molar-refractivity contribution in [2.45, 2.75) is 78.4 Å². The maximum atomic E-state index is 14.3. The van der Waals surface area contributed by atoms with Crippen molar-refractivity contribution in [2.75, 3.05) is 51.1 Å². The van der Waals surface area contributed by atoms with Crippen molar-refractivity contribution >= 4 is 34.2 Å². The largest absolute Gasteiger partial charge is 0.494 e. The fourth-order valence-corrected chi connectivity index (χ4v) is 7.97. The predicted molar refractivity (Wildman–Crippen MR) is 229 cm³/mol. The second kappa shape index (κ2) is 19.0. The number of nitrogens with one attached hydrogen (secondary N) is 3. The molecule has 3 aromatic carbocycles. The van der Waals surface area contributed by atoms with Gasteiger partial charge in [-0.3, -0.25) is 9.59 Å². The zero-order valence-corrected chi connectivity index (χ0v) is 35.4. The molecule has 61 heavy (non-hydrogen) atoms. The molecule has 0 spiro atoms. The lowest BCUT2D eigenvalue weighted by Crippen LogP contribution is -2.38. The SMILES string of the molecule is COc1ccc(CC(C)c2nc3cc(-c4c(C)noc4C)ccc3n2CC(=O)NC2CCOC2)cc1F.Cc1noc(C)c1-c1ccc(NCC(=O)NC2CCOC2)c(N)c1. The number of aromatic nitrogens is 4. The highest BCUT2D eigenvalue weighted by atomic mass is 19.1. The van der Waals surface area contributed by atoms with Gasteiger partial charge in [-0.1, -0.05) is 35.4 Å². The summed E-state index contributed by atoms with van der Waals surface area (Å²) in [7, 11) is 1.45. The number of imidazole rings is 1. The lowest BCUT2D eigenvalue weighted by atomic mass is 10.00. The maximum absolute atomic E-state index is 14.3. The van der Waals surface area contributed by atoms with Gasteiger partial charge in [-0.25, -0.2) is 9.37 Å². The number of nitrogen functional groups attached to an aromatic ring is 1. The Morgan fingerprint density at radius 3 is 2.05 bits per heavy atom. The smallest absolute Gasteiger partial charge is 0.240 e. The minimum atomic E-state index is -0.400. The Bertz CT molecular complexity index is 2460. The molecule has 2 aliphatic rings. The lowest BCUT2D eigenvalue weighted by Gasteiger charge is -2.17.